The second kappa shape index (κ2) is 9.63. The molecule has 3 heterocycles. The van der Waals surface area contributed by atoms with Crippen molar-refractivity contribution >= 4 is 16.9 Å². The Balaban J connectivity index is 1.78. The molecule has 2 fully saturated rings. The summed E-state index contributed by atoms with van der Waals surface area (Å²) in [5.41, 5.74) is 11.7. The van der Waals surface area contributed by atoms with Crippen LogP contribution < -0.4 is 16.7 Å². The van der Waals surface area contributed by atoms with Crippen molar-refractivity contribution in [1.29, 1.82) is 5.41 Å². The van der Waals surface area contributed by atoms with Crippen molar-refractivity contribution < 1.29 is 0 Å². The number of aromatic nitrogens is 1. The van der Waals surface area contributed by atoms with Crippen molar-refractivity contribution in [2.75, 3.05) is 6.54 Å². The predicted molar refractivity (Wildman–Crippen MR) is 131 cm³/mol. The highest BCUT2D eigenvalue weighted by Crippen LogP contribution is 2.38. The second-order valence-corrected chi connectivity index (χ2v) is 9.60. The number of pyridine rings is 1. The Morgan fingerprint density at radius 1 is 1.25 bits per heavy atom. The number of aromatic amines is 1. The Kier molecular flexibility index (Phi) is 6.86. The first-order chi connectivity index (χ1) is 15.4. The number of hydrogen-bond donors (Lipinski definition) is 4. The number of hydrazine groups is 1. The minimum Gasteiger partial charge on any atom is -0.369 e. The number of guanidine groups is 1. The number of nitrogens with zero attached hydrogens (tertiary/aromatic N) is 2. The molecule has 0 spiro atoms. The molecule has 2 aliphatic rings. The van der Waals surface area contributed by atoms with E-state index in [1.807, 2.05) is 6.07 Å². The summed E-state index contributed by atoms with van der Waals surface area (Å²) in [7, 11) is 0. The van der Waals surface area contributed by atoms with Crippen LogP contribution in [-0.4, -0.2) is 39.5 Å². The van der Waals surface area contributed by atoms with Gasteiger partial charge in [-0.15, -0.1) is 0 Å². The van der Waals surface area contributed by atoms with Crippen LogP contribution >= 0.6 is 0 Å². The number of hydrogen-bond acceptors (Lipinski definition) is 4. The Bertz CT molecular complexity index is 1010. The molecule has 1 aromatic heterocycles. The topological polar surface area (TPSA) is 101 Å². The number of likely N-dealkylation sites (tertiary alicyclic amines) is 1. The van der Waals surface area contributed by atoms with Crippen molar-refractivity contribution in [1.82, 2.24) is 20.3 Å². The zero-order valence-electron chi connectivity index (χ0n) is 19.7. The molecule has 7 nitrogen and oxygen atoms in total. The van der Waals surface area contributed by atoms with Gasteiger partial charge < -0.3 is 10.7 Å². The Hall–Kier alpha value is -2.38. The van der Waals surface area contributed by atoms with E-state index in [2.05, 4.69) is 54.3 Å². The minimum absolute atomic E-state index is 0.0156. The lowest BCUT2D eigenvalue weighted by Gasteiger charge is -2.45. The summed E-state index contributed by atoms with van der Waals surface area (Å²) in [6.07, 6.45) is 8.01. The SMILES string of the molecule is CCCCC(c1cccc2[nH]c(=O)c(C3CCN(C(=N)N)N3)cc12)N1C(C)CCCC1C. The fraction of sp³-hybridized carbons (Fsp3) is 0.600. The van der Waals surface area contributed by atoms with Gasteiger partial charge in [0, 0.05) is 41.1 Å². The quantitative estimate of drug-likeness (QED) is 0.401. The molecule has 2 saturated heterocycles. The molecular weight excluding hydrogens is 400 g/mol. The van der Waals surface area contributed by atoms with Crippen LogP contribution in [0.4, 0.5) is 0 Å². The third-order valence-electron chi connectivity index (χ3n) is 7.38. The van der Waals surface area contributed by atoms with Crippen molar-refractivity contribution in [3.63, 3.8) is 0 Å². The second-order valence-electron chi connectivity index (χ2n) is 9.60. The monoisotopic (exact) mass is 438 g/mol. The summed E-state index contributed by atoms with van der Waals surface area (Å²) in [6.45, 7) is 7.62. The number of fused-ring (bicyclic) bond motifs is 1. The molecule has 2 aliphatic heterocycles. The van der Waals surface area contributed by atoms with Gasteiger partial charge in [-0.2, -0.15) is 0 Å². The molecule has 32 heavy (non-hydrogen) atoms. The van der Waals surface area contributed by atoms with Gasteiger partial charge in [0.15, 0.2) is 0 Å². The van der Waals surface area contributed by atoms with Crippen LogP contribution in [0.3, 0.4) is 0 Å². The molecule has 0 aliphatic carbocycles. The lowest BCUT2D eigenvalue weighted by molar-refractivity contribution is 0.0496. The Labute approximate surface area is 190 Å². The van der Waals surface area contributed by atoms with E-state index in [1.165, 1.54) is 37.7 Å². The number of unbranched alkanes of at least 4 members (excludes halogenated alkanes) is 1. The zero-order chi connectivity index (χ0) is 22.8. The van der Waals surface area contributed by atoms with Gasteiger partial charge in [-0.05, 0) is 57.2 Å². The van der Waals surface area contributed by atoms with Gasteiger partial charge in [0.1, 0.15) is 0 Å². The Morgan fingerprint density at radius 3 is 2.66 bits per heavy atom. The summed E-state index contributed by atoms with van der Waals surface area (Å²) in [5.74, 6) is -0.0156. The van der Waals surface area contributed by atoms with Gasteiger partial charge >= 0.3 is 0 Å². The molecule has 0 amide bonds. The summed E-state index contributed by atoms with van der Waals surface area (Å²) in [4.78, 5) is 18.8. The van der Waals surface area contributed by atoms with E-state index in [0.717, 1.165) is 29.3 Å². The van der Waals surface area contributed by atoms with Crippen molar-refractivity contribution in [3.8, 4) is 0 Å². The van der Waals surface area contributed by atoms with Crippen molar-refractivity contribution in [3.05, 3.63) is 45.7 Å². The molecule has 2 aromatic rings. The normalized spacial score (nSPS) is 25.3. The third-order valence-corrected chi connectivity index (χ3v) is 7.38. The average Bonchev–Trinajstić information content (AvgIpc) is 3.25. The number of piperidine rings is 1. The van der Waals surface area contributed by atoms with Crippen LogP contribution in [0.2, 0.25) is 0 Å². The lowest BCUT2D eigenvalue weighted by atomic mass is 9.88. The van der Waals surface area contributed by atoms with Gasteiger partial charge in [-0.25, -0.2) is 5.43 Å². The number of nitrogens with two attached hydrogens (primary N) is 1. The molecule has 174 valence electrons. The highest BCUT2D eigenvalue weighted by Gasteiger charge is 2.33. The number of nitrogens with one attached hydrogen (secondary N) is 3. The average molecular weight is 439 g/mol. The van der Waals surface area contributed by atoms with E-state index in [9.17, 15) is 4.79 Å². The largest absolute Gasteiger partial charge is 0.369 e. The van der Waals surface area contributed by atoms with Crippen LogP contribution in [0.1, 0.15) is 88.9 Å². The third kappa shape index (κ3) is 4.41. The highest BCUT2D eigenvalue weighted by molar-refractivity contribution is 5.83. The summed E-state index contributed by atoms with van der Waals surface area (Å²) in [6, 6.07) is 9.74. The molecule has 4 rings (SSSR count). The first kappa shape index (κ1) is 22.8. The first-order valence-electron chi connectivity index (χ1n) is 12.2. The van der Waals surface area contributed by atoms with E-state index in [1.54, 1.807) is 5.01 Å². The van der Waals surface area contributed by atoms with Crippen molar-refractivity contribution in [2.24, 2.45) is 5.73 Å². The minimum atomic E-state index is -0.137. The maximum atomic E-state index is 12.9. The van der Waals surface area contributed by atoms with Crippen molar-refractivity contribution in [2.45, 2.75) is 89.9 Å². The van der Waals surface area contributed by atoms with E-state index in [-0.39, 0.29) is 17.6 Å². The smallest absolute Gasteiger partial charge is 0.253 e. The summed E-state index contributed by atoms with van der Waals surface area (Å²) >= 11 is 0. The number of H-pyrrole nitrogens is 1. The molecule has 7 heteroatoms. The fourth-order valence-electron chi connectivity index (χ4n) is 5.73. The lowest BCUT2D eigenvalue weighted by Crippen LogP contribution is -2.46. The van der Waals surface area contributed by atoms with Gasteiger partial charge in [0.25, 0.3) is 5.56 Å². The Morgan fingerprint density at radius 2 is 2.00 bits per heavy atom. The van der Waals surface area contributed by atoms with Crippen LogP contribution in [0, 0.1) is 5.41 Å². The van der Waals surface area contributed by atoms with Crippen LogP contribution in [0.25, 0.3) is 10.9 Å². The van der Waals surface area contributed by atoms with Gasteiger partial charge in [-0.1, -0.05) is 38.3 Å². The van der Waals surface area contributed by atoms with E-state index in [4.69, 9.17) is 11.1 Å². The van der Waals surface area contributed by atoms with E-state index >= 15 is 0 Å². The molecule has 5 N–H and O–H groups in total. The molecule has 0 radical (unpaired) electrons. The molecule has 4 unspecified atom stereocenters. The summed E-state index contributed by atoms with van der Waals surface area (Å²) < 4.78 is 0. The fourth-order valence-corrected chi connectivity index (χ4v) is 5.73. The molecule has 1 aromatic carbocycles. The molecule has 4 atom stereocenters. The molecular formula is C25H38N6O. The molecule has 0 saturated carbocycles. The molecule has 0 bridgehead atoms. The van der Waals surface area contributed by atoms with Gasteiger partial charge in [-0.3, -0.25) is 20.1 Å². The van der Waals surface area contributed by atoms with Gasteiger partial charge in [0.2, 0.25) is 5.96 Å². The highest BCUT2D eigenvalue weighted by atomic mass is 16.1. The first-order valence-corrected chi connectivity index (χ1v) is 12.2. The zero-order valence-corrected chi connectivity index (χ0v) is 19.7. The maximum Gasteiger partial charge on any atom is 0.253 e. The van der Waals surface area contributed by atoms with Crippen LogP contribution in [0.15, 0.2) is 29.1 Å². The number of rotatable bonds is 6. The predicted octanol–water partition coefficient (Wildman–Crippen LogP) is 4.17. The van der Waals surface area contributed by atoms with Crippen LogP contribution in [0.5, 0.6) is 0 Å². The van der Waals surface area contributed by atoms with E-state index in [0.29, 0.717) is 24.7 Å². The number of benzene rings is 1. The summed E-state index contributed by atoms with van der Waals surface area (Å²) in [5, 5.41) is 10.4. The van der Waals surface area contributed by atoms with Gasteiger partial charge in [0.05, 0.1) is 6.04 Å². The standard InChI is InChI=1S/C25H38N6O/c1-4-5-12-23(31-16(2)8-6-9-17(31)3)18-10-7-11-21-19(18)15-20(24(32)28-21)22-13-14-30(29-22)25(26)27/h7,10-11,15-17,22-23,29H,4-6,8-9,12-14H2,1-3H3,(H3,26,27)(H,28,32). The maximum absolute atomic E-state index is 12.9. The van der Waals surface area contributed by atoms with E-state index < -0.39 is 0 Å². The van der Waals surface area contributed by atoms with Crippen LogP contribution in [-0.2, 0) is 0 Å².